The summed E-state index contributed by atoms with van der Waals surface area (Å²) in [7, 11) is 0. The summed E-state index contributed by atoms with van der Waals surface area (Å²) in [5.74, 6) is 0.806. The lowest BCUT2D eigenvalue weighted by Gasteiger charge is -2.09. The largest absolute Gasteiger partial charge is 0.489 e. The van der Waals surface area contributed by atoms with Gasteiger partial charge in [0.1, 0.15) is 11.9 Å². The molecule has 3 nitrogen and oxygen atoms in total. The molecule has 1 aromatic rings. The van der Waals surface area contributed by atoms with Crippen LogP contribution in [-0.2, 0) is 0 Å². The second-order valence-corrected chi connectivity index (χ2v) is 5.07. The first-order valence-corrected chi connectivity index (χ1v) is 6.29. The third-order valence-electron chi connectivity index (χ3n) is 3.23. The highest BCUT2D eigenvalue weighted by Gasteiger charge is 2.30. The van der Waals surface area contributed by atoms with Gasteiger partial charge in [0.2, 0.25) is 0 Å². The van der Waals surface area contributed by atoms with Crippen molar-refractivity contribution in [2.45, 2.75) is 25.9 Å². The van der Waals surface area contributed by atoms with Crippen molar-refractivity contribution < 1.29 is 9.53 Å². The average Bonchev–Trinajstić information content (AvgIpc) is 2.62. The summed E-state index contributed by atoms with van der Waals surface area (Å²) in [5.41, 5.74) is 1.64. The van der Waals surface area contributed by atoms with Crippen molar-refractivity contribution in [3.05, 3.63) is 40.9 Å². The molecule has 1 aliphatic heterocycles. The fraction of sp³-hybridized carbons (Fsp3) is 0.357. The standard InChI is InChI=1S/C14H16ClNO2/c1-8(15)7-16-14(17)12-6-4-5-11-9(2)10(3)18-13(11)12/h4-6,9-10H,1,7H2,2-3H3,(H,16,17). The topological polar surface area (TPSA) is 38.3 Å². The molecule has 2 rings (SSSR count). The minimum atomic E-state index is -0.185. The lowest BCUT2D eigenvalue weighted by molar-refractivity contribution is 0.0952. The van der Waals surface area contributed by atoms with E-state index in [-0.39, 0.29) is 18.6 Å². The Morgan fingerprint density at radius 3 is 2.89 bits per heavy atom. The van der Waals surface area contributed by atoms with E-state index in [1.165, 1.54) is 0 Å². The quantitative estimate of drug-likeness (QED) is 0.912. The third-order valence-corrected chi connectivity index (χ3v) is 3.36. The van der Waals surface area contributed by atoms with Crippen LogP contribution in [0.1, 0.15) is 35.7 Å². The maximum absolute atomic E-state index is 12.0. The maximum Gasteiger partial charge on any atom is 0.255 e. The van der Waals surface area contributed by atoms with E-state index in [1.54, 1.807) is 6.07 Å². The Labute approximate surface area is 112 Å². The molecule has 0 spiro atoms. The van der Waals surface area contributed by atoms with E-state index in [1.807, 2.05) is 19.1 Å². The molecule has 0 fully saturated rings. The van der Waals surface area contributed by atoms with Crippen molar-refractivity contribution >= 4 is 17.5 Å². The first-order valence-electron chi connectivity index (χ1n) is 5.91. The molecule has 18 heavy (non-hydrogen) atoms. The number of halogens is 1. The Morgan fingerprint density at radius 1 is 1.50 bits per heavy atom. The van der Waals surface area contributed by atoms with Crippen LogP contribution in [0.2, 0.25) is 0 Å². The lowest BCUT2D eigenvalue weighted by atomic mass is 9.97. The van der Waals surface area contributed by atoms with E-state index >= 15 is 0 Å². The first-order chi connectivity index (χ1) is 8.50. The maximum atomic E-state index is 12.0. The summed E-state index contributed by atoms with van der Waals surface area (Å²) in [6.07, 6.45) is 0.0944. The molecule has 4 heteroatoms. The van der Waals surface area contributed by atoms with Crippen molar-refractivity contribution in [3.63, 3.8) is 0 Å². The number of benzene rings is 1. The van der Waals surface area contributed by atoms with E-state index in [4.69, 9.17) is 16.3 Å². The van der Waals surface area contributed by atoms with Crippen LogP contribution >= 0.6 is 11.6 Å². The van der Waals surface area contributed by atoms with Gasteiger partial charge in [-0.1, -0.05) is 37.2 Å². The summed E-state index contributed by atoms with van der Waals surface area (Å²) < 4.78 is 5.76. The van der Waals surface area contributed by atoms with Gasteiger partial charge >= 0.3 is 0 Å². The number of hydrogen-bond acceptors (Lipinski definition) is 2. The first kappa shape index (κ1) is 13.0. The zero-order valence-corrected chi connectivity index (χ0v) is 11.3. The molecular formula is C14H16ClNO2. The molecule has 1 aliphatic rings. The Bertz CT molecular complexity index is 499. The summed E-state index contributed by atoms with van der Waals surface area (Å²) in [5, 5.41) is 3.11. The number of ether oxygens (including phenoxy) is 1. The van der Waals surface area contributed by atoms with Gasteiger partial charge in [-0.15, -0.1) is 0 Å². The lowest BCUT2D eigenvalue weighted by Crippen LogP contribution is -2.25. The van der Waals surface area contributed by atoms with E-state index in [2.05, 4.69) is 18.8 Å². The van der Waals surface area contributed by atoms with Gasteiger partial charge in [0.05, 0.1) is 12.1 Å². The van der Waals surface area contributed by atoms with Gasteiger partial charge in [0.25, 0.3) is 5.91 Å². The normalized spacial score (nSPS) is 21.1. The highest BCUT2D eigenvalue weighted by atomic mass is 35.5. The molecule has 1 N–H and O–H groups in total. The highest BCUT2D eigenvalue weighted by molar-refractivity contribution is 6.29. The number of carbonyl (C=O) groups excluding carboxylic acids is 1. The second kappa shape index (κ2) is 5.02. The van der Waals surface area contributed by atoms with Crippen molar-refractivity contribution in [3.8, 4) is 5.75 Å². The van der Waals surface area contributed by atoms with E-state index in [0.717, 1.165) is 5.56 Å². The number of para-hydroxylation sites is 1. The Hall–Kier alpha value is -1.48. The molecule has 2 atom stereocenters. The van der Waals surface area contributed by atoms with Crippen LogP contribution in [0.15, 0.2) is 29.8 Å². The molecule has 0 radical (unpaired) electrons. The number of fused-ring (bicyclic) bond motifs is 1. The molecule has 0 aliphatic carbocycles. The molecular weight excluding hydrogens is 250 g/mol. The molecule has 0 aromatic heterocycles. The van der Waals surface area contributed by atoms with Crippen LogP contribution in [0.5, 0.6) is 5.75 Å². The molecule has 1 aromatic carbocycles. The zero-order chi connectivity index (χ0) is 13.3. The molecule has 2 unspecified atom stereocenters. The predicted molar refractivity (Wildman–Crippen MR) is 72.3 cm³/mol. The molecule has 1 amide bonds. The van der Waals surface area contributed by atoms with Gasteiger partial charge in [-0.3, -0.25) is 4.79 Å². The zero-order valence-electron chi connectivity index (χ0n) is 10.5. The van der Waals surface area contributed by atoms with Gasteiger partial charge in [-0.2, -0.15) is 0 Å². The predicted octanol–water partition coefficient (Wildman–Crippen LogP) is 3.05. The number of nitrogens with one attached hydrogen (secondary N) is 1. The van der Waals surface area contributed by atoms with Crippen LogP contribution in [0.25, 0.3) is 0 Å². The van der Waals surface area contributed by atoms with E-state index in [0.29, 0.717) is 22.3 Å². The van der Waals surface area contributed by atoms with Crippen LogP contribution in [0.3, 0.4) is 0 Å². The van der Waals surface area contributed by atoms with Gasteiger partial charge < -0.3 is 10.1 Å². The summed E-state index contributed by atoms with van der Waals surface area (Å²) >= 11 is 5.63. The third kappa shape index (κ3) is 2.36. The second-order valence-electron chi connectivity index (χ2n) is 4.54. The Morgan fingerprint density at radius 2 is 2.22 bits per heavy atom. The molecule has 0 bridgehead atoms. The minimum absolute atomic E-state index is 0.0944. The van der Waals surface area contributed by atoms with Crippen molar-refractivity contribution in [2.75, 3.05) is 6.54 Å². The van der Waals surface area contributed by atoms with Gasteiger partial charge in [-0.25, -0.2) is 0 Å². The fourth-order valence-electron chi connectivity index (χ4n) is 2.04. The number of carbonyl (C=O) groups is 1. The van der Waals surface area contributed by atoms with Crippen LogP contribution in [0.4, 0.5) is 0 Å². The summed E-state index contributed by atoms with van der Waals surface area (Å²) in [6, 6.07) is 5.64. The average molecular weight is 266 g/mol. The SMILES string of the molecule is C=C(Cl)CNC(=O)c1cccc2c1OC(C)C2C. The van der Waals surface area contributed by atoms with E-state index < -0.39 is 0 Å². The van der Waals surface area contributed by atoms with Crippen molar-refractivity contribution in [1.82, 2.24) is 5.32 Å². The molecule has 96 valence electrons. The summed E-state index contributed by atoms with van der Waals surface area (Å²) in [4.78, 5) is 12.0. The monoisotopic (exact) mass is 265 g/mol. The Balaban J connectivity index is 2.26. The molecule has 0 saturated carbocycles. The minimum Gasteiger partial charge on any atom is -0.489 e. The van der Waals surface area contributed by atoms with Crippen molar-refractivity contribution in [1.29, 1.82) is 0 Å². The number of rotatable bonds is 3. The van der Waals surface area contributed by atoms with Crippen LogP contribution < -0.4 is 10.1 Å². The Kier molecular flexibility index (Phi) is 3.62. The van der Waals surface area contributed by atoms with Crippen LogP contribution in [-0.4, -0.2) is 18.6 Å². The summed E-state index contributed by atoms with van der Waals surface area (Å²) in [6.45, 7) is 7.90. The van der Waals surface area contributed by atoms with Crippen LogP contribution in [0, 0.1) is 0 Å². The highest BCUT2D eigenvalue weighted by Crippen LogP contribution is 2.40. The van der Waals surface area contributed by atoms with Gasteiger partial charge in [0.15, 0.2) is 0 Å². The fourth-order valence-corrected chi connectivity index (χ4v) is 2.10. The molecule has 0 saturated heterocycles. The van der Waals surface area contributed by atoms with Gasteiger partial charge in [-0.05, 0) is 13.0 Å². The van der Waals surface area contributed by atoms with E-state index in [9.17, 15) is 4.79 Å². The number of hydrogen-bond donors (Lipinski definition) is 1. The van der Waals surface area contributed by atoms with Gasteiger partial charge in [0, 0.05) is 16.5 Å². The molecule has 1 heterocycles. The smallest absolute Gasteiger partial charge is 0.255 e. The number of amides is 1. The van der Waals surface area contributed by atoms with Crippen molar-refractivity contribution in [2.24, 2.45) is 0 Å².